The van der Waals surface area contributed by atoms with Crippen molar-refractivity contribution in [3.63, 3.8) is 0 Å². The minimum Gasteiger partial charge on any atom is -0.459 e. The van der Waals surface area contributed by atoms with Gasteiger partial charge in [0, 0.05) is 19.5 Å². The molecule has 6 heteroatoms. The van der Waals surface area contributed by atoms with E-state index in [0.717, 1.165) is 6.42 Å². The minimum atomic E-state index is -0.323. The van der Waals surface area contributed by atoms with Gasteiger partial charge in [-0.2, -0.15) is 0 Å². The second kappa shape index (κ2) is 6.56. The topological polar surface area (TPSA) is 82.8 Å². The third-order valence-electron chi connectivity index (χ3n) is 3.76. The Morgan fingerprint density at radius 3 is 3.00 bits per heavy atom. The van der Waals surface area contributed by atoms with E-state index in [0.29, 0.717) is 12.5 Å². The van der Waals surface area contributed by atoms with E-state index in [2.05, 4.69) is 5.32 Å². The average molecular weight is 280 g/mol. The molecule has 2 heterocycles. The summed E-state index contributed by atoms with van der Waals surface area (Å²) >= 11 is 0. The fraction of sp³-hybridized carbons (Fsp3) is 0.571. The zero-order valence-corrected chi connectivity index (χ0v) is 11.5. The van der Waals surface area contributed by atoms with Crippen molar-refractivity contribution in [2.45, 2.75) is 25.8 Å². The molecule has 1 fully saturated rings. The smallest absolute Gasteiger partial charge is 0.286 e. The van der Waals surface area contributed by atoms with Crippen LogP contribution in [0.15, 0.2) is 22.8 Å². The van der Waals surface area contributed by atoms with E-state index in [1.807, 2.05) is 6.92 Å². The molecule has 0 bridgehead atoms. The number of aliphatic hydroxyl groups is 1. The standard InChI is InChI=1S/C14H20N2O4/c1-10-5-7-16(11(10)9-17)13(18)4-6-15-14(19)12-3-2-8-20-12/h2-3,8,10-11,17H,4-7,9H2,1H3,(H,15,19). The molecule has 2 rings (SSSR count). The van der Waals surface area contributed by atoms with Crippen LogP contribution in [-0.4, -0.2) is 47.6 Å². The van der Waals surface area contributed by atoms with E-state index >= 15 is 0 Å². The highest BCUT2D eigenvalue weighted by atomic mass is 16.3. The van der Waals surface area contributed by atoms with Crippen molar-refractivity contribution in [3.05, 3.63) is 24.2 Å². The molecule has 0 aromatic carbocycles. The summed E-state index contributed by atoms with van der Waals surface area (Å²) in [5.41, 5.74) is 0. The molecule has 110 valence electrons. The first-order valence-corrected chi connectivity index (χ1v) is 6.85. The highest BCUT2D eigenvalue weighted by molar-refractivity contribution is 5.91. The van der Waals surface area contributed by atoms with Gasteiger partial charge in [-0.3, -0.25) is 9.59 Å². The van der Waals surface area contributed by atoms with Gasteiger partial charge >= 0.3 is 0 Å². The molecule has 2 atom stereocenters. The van der Waals surface area contributed by atoms with Crippen molar-refractivity contribution in [2.75, 3.05) is 19.7 Å². The number of furan rings is 1. The Balaban J connectivity index is 1.77. The molecular formula is C14H20N2O4. The van der Waals surface area contributed by atoms with Gasteiger partial charge in [0.2, 0.25) is 5.91 Å². The summed E-state index contributed by atoms with van der Waals surface area (Å²) in [4.78, 5) is 25.4. The molecule has 0 saturated carbocycles. The molecule has 0 radical (unpaired) electrons. The molecule has 2 amide bonds. The monoisotopic (exact) mass is 280 g/mol. The zero-order valence-electron chi connectivity index (χ0n) is 11.5. The van der Waals surface area contributed by atoms with Crippen molar-refractivity contribution in [2.24, 2.45) is 5.92 Å². The molecule has 0 spiro atoms. The van der Waals surface area contributed by atoms with Gasteiger partial charge in [0.05, 0.1) is 18.9 Å². The summed E-state index contributed by atoms with van der Waals surface area (Å²) in [5, 5.41) is 12.0. The lowest BCUT2D eigenvalue weighted by Gasteiger charge is -2.25. The van der Waals surface area contributed by atoms with Crippen LogP contribution in [0.2, 0.25) is 0 Å². The summed E-state index contributed by atoms with van der Waals surface area (Å²) in [6.45, 7) is 2.97. The average Bonchev–Trinajstić information content (AvgIpc) is 3.07. The first-order valence-electron chi connectivity index (χ1n) is 6.85. The number of carbonyl (C=O) groups excluding carboxylic acids is 2. The third-order valence-corrected chi connectivity index (χ3v) is 3.76. The molecule has 20 heavy (non-hydrogen) atoms. The number of amides is 2. The molecule has 2 N–H and O–H groups in total. The van der Waals surface area contributed by atoms with Crippen molar-refractivity contribution in [1.82, 2.24) is 10.2 Å². The van der Waals surface area contributed by atoms with Crippen LogP contribution in [-0.2, 0) is 4.79 Å². The number of hydrogen-bond acceptors (Lipinski definition) is 4. The molecule has 6 nitrogen and oxygen atoms in total. The van der Waals surface area contributed by atoms with Crippen molar-refractivity contribution < 1.29 is 19.1 Å². The molecule has 1 aliphatic rings. The Kier molecular flexibility index (Phi) is 4.79. The predicted molar refractivity (Wildman–Crippen MR) is 72.0 cm³/mol. The van der Waals surface area contributed by atoms with Crippen LogP contribution in [0.3, 0.4) is 0 Å². The molecule has 1 aliphatic heterocycles. The van der Waals surface area contributed by atoms with Crippen molar-refractivity contribution >= 4 is 11.8 Å². The fourth-order valence-electron chi connectivity index (χ4n) is 2.52. The first-order chi connectivity index (χ1) is 9.63. The summed E-state index contributed by atoms with van der Waals surface area (Å²) < 4.78 is 4.96. The van der Waals surface area contributed by atoms with Crippen molar-refractivity contribution in [1.29, 1.82) is 0 Å². The largest absolute Gasteiger partial charge is 0.459 e. The van der Waals surface area contributed by atoms with Gasteiger partial charge in [-0.1, -0.05) is 6.92 Å². The van der Waals surface area contributed by atoms with Gasteiger partial charge in [0.1, 0.15) is 0 Å². The van der Waals surface area contributed by atoms with Crippen LogP contribution in [0, 0.1) is 5.92 Å². The SMILES string of the molecule is CC1CCN(C(=O)CCNC(=O)c2ccco2)C1CO. The van der Waals surface area contributed by atoms with Crippen LogP contribution in [0.1, 0.15) is 30.3 Å². The maximum Gasteiger partial charge on any atom is 0.286 e. The van der Waals surface area contributed by atoms with E-state index in [9.17, 15) is 14.7 Å². The van der Waals surface area contributed by atoms with Crippen LogP contribution < -0.4 is 5.32 Å². The van der Waals surface area contributed by atoms with Gasteiger partial charge in [-0.15, -0.1) is 0 Å². The quantitative estimate of drug-likeness (QED) is 0.828. The lowest BCUT2D eigenvalue weighted by Crippen LogP contribution is -2.41. The number of nitrogens with zero attached hydrogens (tertiary/aromatic N) is 1. The number of likely N-dealkylation sites (tertiary alicyclic amines) is 1. The summed E-state index contributed by atoms with van der Waals surface area (Å²) in [6.07, 6.45) is 2.57. The Bertz CT molecular complexity index is 458. The molecular weight excluding hydrogens is 260 g/mol. The zero-order chi connectivity index (χ0) is 14.5. The maximum atomic E-state index is 12.1. The van der Waals surface area contributed by atoms with Gasteiger partial charge in [0.25, 0.3) is 5.91 Å². The van der Waals surface area contributed by atoms with E-state index in [1.165, 1.54) is 6.26 Å². The van der Waals surface area contributed by atoms with E-state index in [-0.39, 0.29) is 43.2 Å². The Labute approximate surface area is 117 Å². The molecule has 1 saturated heterocycles. The van der Waals surface area contributed by atoms with E-state index in [1.54, 1.807) is 17.0 Å². The van der Waals surface area contributed by atoms with Gasteiger partial charge in [-0.05, 0) is 24.5 Å². The lowest BCUT2D eigenvalue weighted by atomic mass is 10.0. The van der Waals surface area contributed by atoms with Gasteiger partial charge in [-0.25, -0.2) is 0 Å². The number of carbonyl (C=O) groups is 2. The second-order valence-electron chi connectivity index (χ2n) is 5.09. The molecule has 1 aromatic rings. The minimum absolute atomic E-state index is 0.00827. The lowest BCUT2D eigenvalue weighted by molar-refractivity contribution is -0.132. The highest BCUT2D eigenvalue weighted by Gasteiger charge is 2.33. The summed E-state index contributed by atoms with van der Waals surface area (Å²) in [7, 11) is 0. The van der Waals surface area contributed by atoms with Gasteiger partial charge < -0.3 is 19.7 Å². The van der Waals surface area contributed by atoms with Crippen molar-refractivity contribution in [3.8, 4) is 0 Å². The molecule has 0 aliphatic carbocycles. The van der Waals surface area contributed by atoms with E-state index < -0.39 is 0 Å². The fourth-order valence-corrected chi connectivity index (χ4v) is 2.52. The summed E-state index contributed by atoms with van der Waals surface area (Å²) in [6, 6.07) is 3.11. The predicted octanol–water partition coefficient (Wildman–Crippen LogP) is 0.629. The van der Waals surface area contributed by atoms with Gasteiger partial charge in [0.15, 0.2) is 5.76 Å². The van der Waals surface area contributed by atoms with Crippen LogP contribution in [0.5, 0.6) is 0 Å². The summed E-state index contributed by atoms with van der Waals surface area (Å²) in [5.74, 6) is 0.201. The third kappa shape index (κ3) is 3.19. The second-order valence-corrected chi connectivity index (χ2v) is 5.09. The van der Waals surface area contributed by atoms with Crippen LogP contribution >= 0.6 is 0 Å². The first kappa shape index (κ1) is 14.6. The number of nitrogens with one attached hydrogen (secondary N) is 1. The van der Waals surface area contributed by atoms with Crippen LogP contribution in [0.25, 0.3) is 0 Å². The maximum absolute atomic E-state index is 12.1. The Morgan fingerprint density at radius 1 is 1.55 bits per heavy atom. The Morgan fingerprint density at radius 2 is 2.35 bits per heavy atom. The van der Waals surface area contributed by atoms with E-state index in [4.69, 9.17) is 4.42 Å². The van der Waals surface area contributed by atoms with Crippen LogP contribution in [0.4, 0.5) is 0 Å². The molecule has 1 aromatic heterocycles. The number of aliphatic hydroxyl groups excluding tert-OH is 1. The highest BCUT2D eigenvalue weighted by Crippen LogP contribution is 2.23. The molecule has 2 unspecified atom stereocenters. The Hall–Kier alpha value is -1.82. The number of hydrogen-bond donors (Lipinski definition) is 2. The number of rotatable bonds is 5. The normalized spacial score (nSPS) is 22.0.